The highest BCUT2D eigenvalue weighted by Crippen LogP contribution is 2.27. The van der Waals surface area contributed by atoms with Gasteiger partial charge in [-0.15, -0.1) is 0 Å². The summed E-state index contributed by atoms with van der Waals surface area (Å²) in [5, 5.41) is 3.62. The Bertz CT molecular complexity index is 1250. The lowest BCUT2D eigenvalue weighted by molar-refractivity contribution is -0.141. The molecule has 7 nitrogen and oxygen atoms in total. The van der Waals surface area contributed by atoms with E-state index >= 15 is 0 Å². The van der Waals surface area contributed by atoms with Gasteiger partial charge in [0.15, 0.2) is 0 Å². The summed E-state index contributed by atoms with van der Waals surface area (Å²) >= 11 is 12.3. The smallest absolute Gasteiger partial charge is 0.244 e. The minimum absolute atomic E-state index is 0.0480. The first kappa shape index (κ1) is 31.9. The number of nitrogens with one attached hydrogen (secondary N) is 1. The van der Waals surface area contributed by atoms with E-state index in [1.807, 2.05) is 39.8 Å². The van der Waals surface area contributed by atoms with Gasteiger partial charge in [-0.05, 0) is 68.0 Å². The molecule has 10 heteroatoms. The fourth-order valence-electron chi connectivity index (χ4n) is 3.95. The second kappa shape index (κ2) is 12.3. The van der Waals surface area contributed by atoms with Crippen LogP contribution in [0.15, 0.2) is 42.5 Å². The fourth-order valence-corrected chi connectivity index (χ4v) is 5.12. The number of carbonyl (C=O) groups is 2. The van der Waals surface area contributed by atoms with Gasteiger partial charge in [0.25, 0.3) is 0 Å². The molecule has 0 aliphatic rings. The average Bonchev–Trinajstić information content (AvgIpc) is 2.77. The molecule has 0 heterocycles. The molecular weight excluding hydrogens is 545 g/mol. The maximum atomic E-state index is 13.8. The van der Waals surface area contributed by atoms with E-state index in [9.17, 15) is 18.0 Å². The van der Waals surface area contributed by atoms with E-state index < -0.39 is 34.1 Å². The highest BCUT2D eigenvalue weighted by molar-refractivity contribution is 7.92. The minimum atomic E-state index is -3.81. The van der Waals surface area contributed by atoms with Gasteiger partial charge >= 0.3 is 0 Å². The molecule has 1 atom stereocenters. The van der Waals surface area contributed by atoms with Crippen LogP contribution in [-0.2, 0) is 31.6 Å². The molecule has 0 saturated heterocycles. The van der Waals surface area contributed by atoms with Crippen LogP contribution in [0.4, 0.5) is 5.69 Å². The Morgan fingerprint density at radius 3 is 1.97 bits per heavy atom. The Balaban J connectivity index is 2.49. The van der Waals surface area contributed by atoms with Gasteiger partial charge in [-0.2, -0.15) is 0 Å². The summed E-state index contributed by atoms with van der Waals surface area (Å²) in [7, 11) is -3.81. The number of carbonyl (C=O) groups excluding carboxylic acids is 2. The fraction of sp³-hybridized carbons (Fsp3) is 0.500. The van der Waals surface area contributed by atoms with Crippen molar-refractivity contribution in [3.05, 3.63) is 63.6 Å². The van der Waals surface area contributed by atoms with Crippen LogP contribution in [0.3, 0.4) is 0 Å². The van der Waals surface area contributed by atoms with Crippen molar-refractivity contribution >= 4 is 50.7 Å². The SMILES string of the molecule is CC[C@@H](C(=O)NC(C)(C)C)N(Cc1ccc(Cl)c(Cl)c1)C(=O)CN(c1ccc(C(C)(C)C)cc1)S(C)(=O)=O. The average molecular weight is 585 g/mol. The molecule has 0 bridgehead atoms. The zero-order valence-corrected chi connectivity index (χ0v) is 25.8. The summed E-state index contributed by atoms with van der Waals surface area (Å²) in [4.78, 5) is 28.5. The van der Waals surface area contributed by atoms with Crippen LogP contribution in [0, 0.1) is 0 Å². The molecule has 0 fully saturated rings. The zero-order valence-electron chi connectivity index (χ0n) is 23.4. The quantitative estimate of drug-likeness (QED) is 0.405. The Morgan fingerprint density at radius 1 is 0.947 bits per heavy atom. The topological polar surface area (TPSA) is 86.8 Å². The predicted molar refractivity (Wildman–Crippen MR) is 156 cm³/mol. The molecule has 0 saturated carbocycles. The number of nitrogens with zero attached hydrogens (tertiary/aromatic N) is 2. The second-order valence-corrected chi connectivity index (χ2v) is 14.2. The van der Waals surface area contributed by atoms with E-state index in [1.54, 1.807) is 30.3 Å². The van der Waals surface area contributed by atoms with Gasteiger partial charge in [-0.3, -0.25) is 13.9 Å². The monoisotopic (exact) mass is 583 g/mol. The number of benzene rings is 2. The predicted octanol–water partition coefficient (Wildman–Crippen LogP) is 5.78. The van der Waals surface area contributed by atoms with Gasteiger partial charge in [-0.1, -0.05) is 69.1 Å². The zero-order chi connectivity index (χ0) is 29.1. The first-order valence-corrected chi connectivity index (χ1v) is 15.1. The molecule has 0 spiro atoms. The van der Waals surface area contributed by atoms with Crippen molar-refractivity contribution in [2.24, 2.45) is 0 Å². The van der Waals surface area contributed by atoms with E-state index in [0.717, 1.165) is 16.1 Å². The largest absolute Gasteiger partial charge is 0.350 e. The summed E-state index contributed by atoms with van der Waals surface area (Å²) in [5.74, 6) is -0.842. The highest BCUT2D eigenvalue weighted by atomic mass is 35.5. The molecular formula is C28H39Cl2N3O4S. The van der Waals surface area contributed by atoms with Crippen LogP contribution in [0.25, 0.3) is 0 Å². The second-order valence-electron chi connectivity index (χ2n) is 11.5. The van der Waals surface area contributed by atoms with Crippen molar-refractivity contribution in [1.82, 2.24) is 10.2 Å². The van der Waals surface area contributed by atoms with Crippen LogP contribution in [0.2, 0.25) is 10.0 Å². The Morgan fingerprint density at radius 2 is 1.53 bits per heavy atom. The number of halogens is 2. The molecule has 210 valence electrons. The molecule has 0 unspecified atom stereocenters. The van der Waals surface area contributed by atoms with Crippen molar-refractivity contribution in [3.63, 3.8) is 0 Å². The van der Waals surface area contributed by atoms with Crippen molar-refractivity contribution in [3.8, 4) is 0 Å². The maximum absolute atomic E-state index is 13.8. The van der Waals surface area contributed by atoms with Crippen molar-refractivity contribution in [2.75, 3.05) is 17.1 Å². The first-order valence-electron chi connectivity index (χ1n) is 12.5. The Labute approximate surface area is 237 Å². The summed E-state index contributed by atoms with van der Waals surface area (Å²) < 4.78 is 26.7. The number of hydrogen-bond acceptors (Lipinski definition) is 4. The van der Waals surface area contributed by atoms with Gasteiger partial charge in [-0.25, -0.2) is 8.42 Å². The summed E-state index contributed by atoms with van der Waals surface area (Å²) in [6.45, 7) is 13.2. The van der Waals surface area contributed by atoms with Crippen molar-refractivity contribution in [1.29, 1.82) is 0 Å². The van der Waals surface area contributed by atoms with Crippen LogP contribution >= 0.6 is 23.2 Å². The van der Waals surface area contributed by atoms with Gasteiger partial charge in [0.05, 0.1) is 22.0 Å². The van der Waals surface area contributed by atoms with Crippen LogP contribution in [0.1, 0.15) is 66.0 Å². The van der Waals surface area contributed by atoms with Crippen LogP contribution in [0.5, 0.6) is 0 Å². The Hall–Kier alpha value is -2.29. The normalized spacial score (nSPS) is 13.1. The van der Waals surface area contributed by atoms with Gasteiger partial charge in [0.1, 0.15) is 12.6 Å². The standard InChI is InChI=1S/C28H39Cl2N3O4S/c1-9-24(26(35)31-28(5,6)7)32(17-19-10-15-22(29)23(30)16-19)25(34)18-33(38(8,36)37)21-13-11-20(12-14-21)27(2,3)4/h10-16,24H,9,17-18H2,1-8H3,(H,31,35)/t24-/m0/s1. The van der Waals surface area contributed by atoms with Crippen LogP contribution in [-0.4, -0.2) is 49.5 Å². The van der Waals surface area contributed by atoms with Crippen molar-refractivity contribution < 1.29 is 18.0 Å². The van der Waals surface area contributed by atoms with Crippen LogP contribution < -0.4 is 9.62 Å². The number of hydrogen-bond donors (Lipinski definition) is 1. The third-order valence-corrected chi connectivity index (χ3v) is 7.80. The summed E-state index contributed by atoms with van der Waals surface area (Å²) in [6.07, 6.45) is 1.39. The molecule has 0 aromatic heterocycles. The minimum Gasteiger partial charge on any atom is -0.350 e. The number of anilines is 1. The lowest BCUT2D eigenvalue weighted by atomic mass is 9.87. The number of amides is 2. The van der Waals surface area contributed by atoms with Gasteiger partial charge < -0.3 is 10.2 Å². The lowest BCUT2D eigenvalue weighted by Gasteiger charge is -2.34. The number of rotatable bonds is 9. The summed E-state index contributed by atoms with van der Waals surface area (Å²) in [5.41, 5.74) is 1.43. The summed E-state index contributed by atoms with van der Waals surface area (Å²) in [6, 6.07) is 11.3. The molecule has 2 amide bonds. The molecule has 1 N–H and O–H groups in total. The number of sulfonamides is 1. The molecule has 2 aromatic carbocycles. The molecule has 0 aliphatic carbocycles. The van der Waals surface area contributed by atoms with E-state index in [4.69, 9.17) is 23.2 Å². The molecule has 38 heavy (non-hydrogen) atoms. The molecule has 0 aliphatic heterocycles. The molecule has 2 aromatic rings. The van der Waals surface area contributed by atoms with Gasteiger partial charge in [0, 0.05) is 12.1 Å². The van der Waals surface area contributed by atoms with Crippen molar-refractivity contribution in [2.45, 2.75) is 78.4 Å². The molecule has 2 rings (SSSR count). The van der Waals surface area contributed by atoms with E-state index in [1.165, 1.54) is 4.90 Å². The first-order chi connectivity index (χ1) is 17.3. The highest BCUT2D eigenvalue weighted by Gasteiger charge is 2.33. The van der Waals surface area contributed by atoms with Gasteiger partial charge in [0.2, 0.25) is 21.8 Å². The van der Waals surface area contributed by atoms with E-state index in [-0.39, 0.29) is 17.9 Å². The van der Waals surface area contributed by atoms with E-state index in [2.05, 4.69) is 26.1 Å². The van der Waals surface area contributed by atoms with E-state index in [0.29, 0.717) is 27.7 Å². The molecule has 0 radical (unpaired) electrons. The maximum Gasteiger partial charge on any atom is 0.244 e. The third-order valence-electron chi connectivity index (χ3n) is 5.92. The Kier molecular flexibility index (Phi) is 10.3. The third kappa shape index (κ3) is 8.89. The lowest BCUT2D eigenvalue weighted by Crippen LogP contribution is -2.55.